The summed E-state index contributed by atoms with van der Waals surface area (Å²) in [5.74, 6) is 0.973. The third-order valence-corrected chi connectivity index (χ3v) is 2.60. The first-order valence-corrected chi connectivity index (χ1v) is 5.58. The SMILES string of the molecule is CCNC(c1ccc([N+](=O)[O-])o1)c1nccn1C. The Morgan fingerprint density at radius 3 is 2.89 bits per heavy atom. The molecule has 2 aromatic rings. The predicted octanol–water partition coefficient (Wildman–Crippen LogP) is 1.62. The van der Waals surface area contributed by atoms with Crippen LogP contribution in [0.5, 0.6) is 0 Å². The maximum Gasteiger partial charge on any atom is 0.433 e. The van der Waals surface area contributed by atoms with Crippen LogP contribution in [-0.2, 0) is 7.05 Å². The van der Waals surface area contributed by atoms with Crippen LogP contribution in [0.4, 0.5) is 5.88 Å². The van der Waals surface area contributed by atoms with Crippen molar-refractivity contribution in [2.75, 3.05) is 6.54 Å². The zero-order chi connectivity index (χ0) is 13.1. The van der Waals surface area contributed by atoms with Gasteiger partial charge >= 0.3 is 5.88 Å². The maximum absolute atomic E-state index is 10.6. The Labute approximate surface area is 104 Å². The van der Waals surface area contributed by atoms with Crippen molar-refractivity contribution in [3.63, 3.8) is 0 Å². The fourth-order valence-corrected chi connectivity index (χ4v) is 1.77. The molecule has 0 bridgehead atoms. The minimum atomic E-state index is -0.551. The first-order valence-electron chi connectivity index (χ1n) is 5.58. The predicted molar refractivity (Wildman–Crippen MR) is 64.1 cm³/mol. The molecule has 0 saturated carbocycles. The molecular weight excluding hydrogens is 236 g/mol. The van der Waals surface area contributed by atoms with Crippen LogP contribution in [0, 0.1) is 10.1 Å². The summed E-state index contributed by atoms with van der Waals surface area (Å²) >= 11 is 0. The molecule has 1 atom stereocenters. The van der Waals surface area contributed by atoms with Gasteiger partial charge in [-0.3, -0.25) is 10.1 Å². The fraction of sp³-hybridized carbons (Fsp3) is 0.364. The molecule has 7 heteroatoms. The van der Waals surface area contributed by atoms with E-state index in [2.05, 4.69) is 10.3 Å². The molecule has 2 aromatic heterocycles. The highest BCUT2D eigenvalue weighted by molar-refractivity contribution is 5.24. The smallest absolute Gasteiger partial charge is 0.404 e. The summed E-state index contributed by atoms with van der Waals surface area (Å²) in [6, 6.07) is 2.66. The van der Waals surface area contributed by atoms with Crippen molar-refractivity contribution in [3.8, 4) is 0 Å². The molecule has 0 aliphatic heterocycles. The molecule has 2 rings (SSSR count). The van der Waals surface area contributed by atoms with Crippen LogP contribution in [0.3, 0.4) is 0 Å². The fourth-order valence-electron chi connectivity index (χ4n) is 1.77. The molecule has 0 fully saturated rings. The Balaban J connectivity index is 2.35. The lowest BCUT2D eigenvalue weighted by molar-refractivity contribution is -0.402. The first kappa shape index (κ1) is 12.3. The number of nitro groups is 1. The summed E-state index contributed by atoms with van der Waals surface area (Å²) in [4.78, 5) is 14.3. The molecule has 18 heavy (non-hydrogen) atoms. The lowest BCUT2D eigenvalue weighted by Crippen LogP contribution is -2.24. The Hall–Kier alpha value is -2.15. The van der Waals surface area contributed by atoms with Crippen LogP contribution in [0.25, 0.3) is 0 Å². The van der Waals surface area contributed by atoms with Gasteiger partial charge in [-0.25, -0.2) is 4.98 Å². The van der Waals surface area contributed by atoms with Gasteiger partial charge in [0.1, 0.15) is 22.5 Å². The summed E-state index contributed by atoms with van der Waals surface area (Å²) < 4.78 is 7.07. The van der Waals surface area contributed by atoms with Gasteiger partial charge in [0.15, 0.2) is 0 Å². The third kappa shape index (κ3) is 2.25. The van der Waals surface area contributed by atoms with Gasteiger partial charge in [-0.1, -0.05) is 6.92 Å². The summed E-state index contributed by atoms with van der Waals surface area (Å²) in [7, 11) is 1.87. The van der Waals surface area contributed by atoms with Gasteiger partial charge in [0, 0.05) is 19.4 Å². The molecule has 0 aliphatic rings. The summed E-state index contributed by atoms with van der Waals surface area (Å²) in [6.07, 6.45) is 3.49. The molecule has 0 amide bonds. The highest BCUT2D eigenvalue weighted by atomic mass is 16.6. The van der Waals surface area contributed by atoms with Crippen LogP contribution < -0.4 is 5.32 Å². The standard InChI is InChI=1S/C11H14N4O3/c1-3-12-10(11-13-6-7-14(11)2)8-4-5-9(18-8)15(16)17/h4-7,10,12H,3H2,1-2H3. The van der Waals surface area contributed by atoms with Crippen molar-refractivity contribution < 1.29 is 9.34 Å². The molecule has 7 nitrogen and oxygen atoms in total. The van der Waals surface area contributed by atoms with Gasteiger partial charge in [0.25, 0.3) is 0 Å². The topological polar surface area (TPSA) is 86.1 Å². The molecule has 2 heterocycles. The number of furan rings is 1. The zero-order valence-corrected chi connectivity index (χ0v) is 10.2. The molecule has 0 radical (unpaired) electrons. The monoisotopic (exact) mass is 250 g/mol. The quantitative estimate of drug-likeness (QED) is 0.643. The normalized spacial score (nSPS) is 12.6. The van der Waals surface area contributed by atoms with E-state index in [0.29, 0.717) is 12.3 Å². The number of hydrogen-bond acceptors (Lipinski definition) is 5. The van der Waals surface area contributed by atoms with Crippen molar-refractivity contribution >= 4 is 5.88 Å². The highest BCUT2D eigenvalue weighted by Gasteiger charge is 2.23. The van der Waals surface area contributed by atoms with Gasteiger partial charge in [0.2, 0.25) is 0 Å². The molecule has 1 unspecified atom stereocenters. The number of hydrogen-bond donors (Lipinski definition) is 1. The van der Waals surface area contributed by atoms with E-state index in [9.17, 15) is 10.1 Å². The molecule has 0 aliphatic carbocycles. The molecule has 0 aromatic carbocycles. The van der Waals surface area contributed by atoms with E-state index >= 15 is 0 Å². The van der Waals surface area contributed by atoms with Crippen molar-refractivity contribution in [1.82, 2.24) is 14.9 Å². The Kier molecular flexibility index (Phi) is 3.42. The zero-order valence-electron chi connectivity index (χ0n) is 10.2. The van der Waals surface area contributed by atoms with Crippen molar-refractivity contribution in [1.29, 1.82) is 0 Å². The maximum atomic E-state index is 10.6. The van der Waals surface area contributed by atoms with Crippen molar-refractivity contribution in [3.05, 3.63) is 46.2 Å². The first-order chi connectivity index (χ1) is 8.63. The van der Waals surface area contributed by atoms with Gasteiger partial charge in [-0.15, -0.1) is 0 Å². The van der Waals surface area contributed by atoms with Gasteiger partial charge in [0.05, 0.1) is 6.07 Å². The molecule has 96 valence electrons. The largest absolute Gasteiger partial charge is 0.433 e. The molecule has 1 N–H and O–H groups in total. The molecule has 0 saturated heterocycles. The van der Waals surface area contributed by atoms with Crippen LogP contribution >= 0.6 is 0 Å². The summed E-state index contributed by atoms with van der Waals surface area (Å²) in [6.45, 7) is 2.65. The van der Waals surface area contributed by atoms with Crippen LogP contribution in [-0.4, -0.2) is 21.0 Å². The Bertz CT molecular complexity index is 546. The second-order valence-corrected chi connectivity index (χ2v) is 3.82. The van der Waals surface area contributed by atoms with Gasteiger partial charge in [-0.2, -0.15) is 0 Å². The lowest BCUT2D eigenvalue weighted by Gasteiger charge is -2.14. The van der Waals surface area contributed by atoms with Crippen molar-refractivity contribution in [2.24, 2.45) is 7.05 Å². The number of nitrogens with one attached hydrogen (secondary N) is 1. The van der Waals surface area contributed by atoms with Gasteiger partial charge < -0.3 is 14.3 Å². The minimum Gasteiger partial charge on any atom is -0.404 e. The van der Waals surface area contributed by atoms with E-state index in [4.69, 9.17) is 4.42 Å². The van der Waals surface area contributed by atoms with Gasteiger partial charge in [-0.05, 0) is 12.6 Å². The molecule has 0 spiro atoms. The Morgan fingerprint density at radius 1 is 1.61 bits per heavy atom. The second kappa shape index (κ2) is 5.01. The van der Waals surface area contributed by atoms with E-state index in [1.165, 1.54) is 6.07 Å². The number of aromatic nitrogens is 2. The minimum absolute atomic E-state index is 0.262. The van der Waals surface area contributed by atoms with Crippen LogP contribution in [0.1, 0.15) is 24.6 Å². The van der Waals surface area contributed by atoms with Crippen LogP contribution in [0.2, 0.25) is 0 Å². The van der Waals surface area contributed by atoms with E-state index in [1.54, 1.807) is 12.3 Å². The average Bonchev–Trinajstić information content (AvgIpc) is 2.95. The van der Waals surface area contributed by atoms with E-state index < -0.39 is 4.92 Å². The average molecular weight is 250 g/mol. The molecular formula is C11H14N4O3. The second-order valence-electron chi connectivity index (χ2n) is 3.82. The third-order valence-electron chi connectivity index (χ3n) is 2.60. The number of nitrogens with zero attached hydrogens (tertiary/aromatic N) is 3. The number of imidazole rings is 1. The van der Waals surface area contributed by atoms with E-state index in [-0.39, 0.29) is 11.9 Å². The summed E-state index contributed by atoms with van der Waals surface area (Å²) in [5.41, 5.74) is 0. The van der Waals surface area contributed by atoms with Crippen molar-refractivity contribution in [2.45, 2.75) is 13.0 Å². The van der Waals surface area contributed by atoms with Crippen LogP contribution in [0.15, 0.2) is 28.9 Å². The van der Waals surface area contributed by atoms with E-state index in [0.717, 1.165) is 5.82 Å². The number of rotatable bonds is 5. The number of aryl methyl sites for hydroxylation is 1. The lowest BCUT2D eigenvalue weighted by atomic mass is 10.2. The Morgan fingerprint density at radius 2 is 2.39 bits per heavy atom. The highest BCUT2D eigenvalue weighted by Crippen LogP contribution is 2.25. The summed E-state index contributed by atoms with van der Waals surface area (Å²) in [5, 5.41) is 13.8. The van der Waals surface area contributed by atoms with E-state index in [1.807, 2.05) is 24.7 Å².